The van der Waals surface area contributed by atoms with Gasteiger partial charge in [0.05, 0.1) is 16.1 Å². The summed E-state index contributed by atoms with van der Waals surface area (Å²) in [6.45, 7) is 30.0. The van der Waals surface area contributed by atoms with E-state index >= 15 is 0 Å². The van der Waals surface area contributed by atoms with Crippen LogP contribution in [0.5, 0.6) is 0 Å². The van der Waals surface area contributed by atoms with Crippen LogP contribution in [-0.4, -0.2) is 189 Å². The first-order chi connectivity index (χ1) is 48.2. The fraction of sp³-hybridized carbons (Fsp3) is 0.714. The lowest BCUT2D eigenvalue weighted by molar-refractivity contribution is -0.409. The highest BCUT2D eigenvalue weighted by molar-refractivity contribution is 7.80. The van der Waals surface area contributed by atoms with Gasteiger partial charge in [0.25, 0.3) is 17.7 Å². The van der Waals surface area contributed by atoms with E-state index in [9.17, 15) is 138 Å². The molecule has 4 amide bonds. The summed E-state index contributed by atoms with van der Waals surface area (Å²) in [7, 11) is -7.19. The zero-order valence-electron chi connectivity index (χ0n) is 62.5. The second-order valence-electron chi connectivity index (χ2n) is 27.7. The molecular formula is C63H97F27N4O7S2Si5. The molecule has 0 heterocycles. The number of thiol groups is 2. The van der Waals surface area contributed by atoms with Gasteiger partial charge in [0.2, 0.25) is 20.1 Å². The smallest absolute Gasteiger partial charge is 0.420 e. The Labute approximate surface area is 627 Å². The van der Waals surface area contributed by atoms with E-state index in [0.717, 1.165) is 0 Å². The van der Waals surface area contributed by atoms with E-state index in [1.165, 1.54) is 64.7 Å². The van der Waals surface area contributed by atoms with Crippen molar-refractivity contribution in [3.8, 4) is 0 Å². The minimum Gasteiger partial charge on any atom is -0.420 e. The average Bonchev–Trinajstić information content (AvgIpc) is 0.715. The van der Waals surface area contributed by atoms with E-state index in [4.69, 9.17) is 13.3 Å². The zero-order valence-corrected chi connectivity index (χ0v) is 69.3. The van der Waals surface area contributed by atoms with Crippen LogP contribution in [-0.2, 0) is 32.5 Å². The summed E-state index contributed by atoms with van der Waals surface area (Å²) in [5.41, 5.74) is -12.4. The second kappa shape index (κ2) is 41.2. The highest BCUT2D eigenvalue weighted by Crippen LogP contribution is 2.60. The summed E-state index contributed by atoms with van der Waals surface area (Å²) in [5.74, 6) is -16.3. The van der Waals surface area contributed by atoms with Crippen LogP contribution in [0.1, 0.15) is 61.3 Å². The zero-order chi connectivity index (χ0) is 86.6. The predicted octanol–water partition coefficient (Wildman–Crippen LogP) is 20.5. The summed E-state index contributed by atoms with van der Waals surface area (Å²) in [4.78, 5) is 50.0. The molecule has 0 aliphatic heterocycles. The number of alkyl halides is 27. The van der Waals surface area contributed by atoms with Gasteiger partial charge in [0.1, 0.15) is 5.92 Å². The van der Waals surface area contributed by atoms with Gasteiger partial charge in [0, 0.05) is 59.0 Å². The molecule has 2 aromatic carbocycles. The number of halogens is 27. The maximum Gasteiger partial charge on any atom is 0.421 e. The molecule has 0 saturated carbocycles. The number of nitrogens with one attached hydrogen (secondary N) is 2. The fourth-order valence-corrected chi connectivity index (χ4v) is 23.6. The normalized spacial score (nSPS) is 15.1. The predicted molar refractivity (Wildman–Crippen MR) is 379 cm³/mol. The molecule has 2 N–H and O–H groups in total. The van der Waals surface area contributed by atoms with E-state index < -0.39 is 156 Å². The van der Waals surface area contributed by atoms with Crippen molar-refractivity contribution >= 4 is 112 Å². The summed E-state index contributed by atoms with van der Waals surface area (Å²) >= 11 is 8.42. The van der Waals surface area contributed by atoms with E-state index in [1.54, 1.807) is 70.1 Å². The van der Waals surface area contributed by atoms with Gasteiger partial charge < -0.3 is 33.7 Å². The molecule has 45 heteroatoms. The molecule has 0 saturated heterocycles. The number of amides is 4. The quantitative estimate of drug-likeness (QED) is 0.0220. The molecular weight excluding hydrogens is 1640 g/mol. The van der Waals surface area contributed by atoms with Gasteiger partial charge in [-0.15, -0.1) is 13.2 Å². The third kappa shape index (κ3) is 28.7. The van der Waals surface area contributed by atoms with E-state index in [-0.39, 0.29) is 64.1 Å². The van der Waals surface area contributed by atoms with Crippen molar-refractivity contribution in [1.29, 1.82) is 0 Å². The van der Waals surface area contributed by atoms with Gasteiger partial charge in [-0.3, -0.25) is 19.2 Å². The lowest BCUT2D eigenvalue weighted by Gasteiger charge is -2.39. The number of carbonyl (C=O) groups is 4. The third-order valence-electron chi connectivity index (χ3n) is 18.8. The highest BCUT2D eigenvalue weighted by Gasteiger charge is 2.88. The van der Waals surface area contributed by atoms with Crippen LogP contribution in [0.2, 0.25) is 86.6 Å². The Bertz CT molecular complexity index is 2960. The van der Waals surface area contributed by atoms with Crippen molar-refractivity contribution in [3.05, 3.63) is 61.7 Å². The van der Waals surface area contributed by atoms with Crippen molar-refractivity contribution in [3.63, 3.8) is 0 Å². The molecule has 108 heavy (non-hydrogen) atoms. The Hall–Kier alpha value is -4.17. The van der Waals surface area contributed by atoms with Crippen molar-refractivity contribution in [1.82, 2.24) is 9.80 Å². The van der Waals surface area contributed by atoms with Gasteiger partial charge >= 0.3 is 66.4 Å². The number of hydrogen-bond acceptors (Lipinski definition) is 9. The Morgan fingerprint density at radius 3 is 1.05 bits per heavy atom. The average molecular weight is 1740 g/mol. The monoisotopic (exact) mass is 1740 g/mol. The van der Waals surface area contributed by atoms with Crippen LogP contribution in [0, 0.1) is 22.7 Å². The molecule has 3 atom stereocenters. The molecule has 0 aromatic heterocycles. The van der Waals surface area contributed by atoms with Crippen LogP contribution in [0.15, 0.2) is 61.7 Å². The number of nitrogens with zero attached hydrogens (tertiary/aromatic N) is 2. The molecule has 0 aliphatic rings. The van der Waals surface area contributed by atoms with Crippen LogP contribution in [0.3, 0.4) is 0 Å². The first-order valence-electron chi connectivity index (χ1n) is 32.5. The summed E-state index contributed by atoms with van der Waals surface area (Å²) in [6.07, 6.45) is -56.4. The molecule has 632 valence electrons. The molecule has 11 nitrogen and oxygen atoms in total. The second-order valence-corrected chi connectivity index (χ2v) is 52.1. The van der Waals surface area contributed by atoms with Crippen LogP contribution in [0.4, 0.5) is 130 Å². The number of carbonyl (C=O) groups excluding carboxylic acids is 4. The SMILES string of the molecule is C=C.CCN(C[Si](C)(OC)C(C)C)C(=O)C(C(F)(F)F)C(F)(F)F.CO[Si](C)(CCC(C(F)(F)F)C(F)(F)F)C(C)C.CO[Si](C)(CCCN(C)C(=O)C(C(F)(F)F)(C(F)(F)F)C(F)(F)F)C(C)C.C[Si](C)(CCS)c1cccc(NC(=O)C(C(=O)Nc2cccc([Si](C)(C)CCS)c2)(C(F)(F)F)C(F)(F)F)c1. The summed E-state index contributed by atoms with van der Waals surface area (Å²) < 4.78 is 368. The van der Waals surface area contributed by atoms with Crippen molar-refractivity contribution in [2.75, 3.05) is 69.8 Å². The van der Waals surface area contributed by atoms with Gasteiger partial charge in [0.15, 0.2) is 16.6 Å². The Morgan fingerprint density at radius 2 is 0.796 bits per heavy atom. The maximum absolute atomic E-state index is 14.3. The topological polar surface area (TPSA) is 127 Å². The van der Waals surface area contributed by atoms with Crippen LogP contribution < -0.4 is 21.0 Å². The van der Waals surface area contributed by atoms with Crippen LogP contribution in [0.25, 0.3) is 0 Å². The first kappa shape index (κ1) is 108. The lowest BCUT2D eigenvalue weighted by atomic mass is 9.83. The molecule has 0 aliphatic carbocycles. The highest BCUT2D eigenvalue weighted by atomic mass is 32.1. The number of benzene rings is 2. The van der Waals surface area contributed by atoms with Crippen molar-refractivity contribution in [2.45, 2.75) is 204 Å². The van der Waals surface area contributed by atoms with Gasteiger partial charge in [-0.1, -0.05) is 102 Å². The molecule has 0 spiro atoms. The van der Waals surface area contributed by atoms with Crippen molar-refractivity contribution < 1.29 is 151 Å². The Kier molecular flexibility index (Phi) is 41.2. The van der Waals surface area contributed by atoms with Gasteiger partial charge in [-0.2, -0.15) is 144 Å². The number of rotatable bonds is 28. The minimum atomic E-state index is -6.90. The van der Waals surface area contributed by atoms with Gasteiger partial charge in [-0.25, -0.2) is 0 Å². The molecule has 0 bridgehead atoms. The standard InChI is InChI=1S/C25H32F6N2O2S2Si2.C14H22F9NO2Si.C12H21F6NO2Si.C10H18F6OSi.C2H4/c1-38(2,13-11-36)19-9-5-7-17(15-19)32-21(34)23(24(26,27)28,25(29,30)31)22(35)33-18-8-6-10-20(16-18)39(3,4)14-12-37;1-9(2)27(5,26-4)8-6-7-24(3)10(25)11(12(15,16)17,13(18,19)20)14(21,22)23;1-6-19(7-22(5,21-4)8(2)3)10(20)9(11(13,14)15)12(16,17)18;1-7(2)18(4,17-3)6-5-8(9(11,12)13)10(14,15)16;1-2/h5-10,15-16,36-37H,11-14H2,1-4H3,(H,32,34)(H,33,35);9H,6-8H2,1-5H3;8-9H,6-7H2,1-5H3;7-8H,5-6H2,1-4H3;1-2H2. The Morgan fingerprint density at radius 1 is 0.481 bits per heavy atom. The largest absolute Gasteiger partial charge is 0.421 e. The fourth-order valence-electron chi connectivity index (χ4n) is 10.1. The lowest BCUT2D eigenvalue weighted by Crippen LogP contribution is -2.67. The first-order valence-corrected chi connectivity index (χ1v) is 48.3. The maximum atomic E-state index is 14.3. The molecule has 0 fully saturated rings. The summed E-state index contributed by atoms with van der Waals surface area (Å²) in [6, 6.07) is 12.8. The molecule has 2 aromatic rings. The van der Waals surface area contributed by atoms with Crippen molar-refractivity contribution in [2.24, 2.45) is 22.7 Å². The number of anilines is 2. The molecule has 2 rings (SSSR count). The minimum absolute atomic E-state index is 0.0374. The van der Waals surface area contributed by atoms with E-state index in [1.807, 2.05) is 40.0 Å². The van der Waals surface area contributed by atoms with E-state index in [0.29, 0.717) is 45.9 Å². The Balaban J connectivity index is -0.00000141. The van der Waals surface area contributed by atoms with E-state index in [2.05, 4.69) is 38.4 Å². The molecule has 0 radical (unpaired) electrons. The van der Waals surface area contributed by atoms with Crippen LogP contribution >= 0.6 is 25.3 Å². The molecule has 3 unspecified atom stereocenters. The van der Waals surface area contributed by atoms with Gasteiger partial charge in [-0.05, 0) is 116 Å². The number of hydrogen-bond donors (Lipinski definition) is 4. The summed E-state index contributed by atoms with van der Waals surface area (Å²) in [5, 5.41) is 4.87. The third-order valence-corrected chi connectivity index (χ3v) is 40.6.